The third kappa shape index (κ3) is 1.14. The number of hydrogen-bond acceptors (Lipinski definition) is 1. The van der Waals surface area contributed by atoms with Crippen LogP contribution in [-0.2, 0) is 0 Å². The van der Waals surface area contributed by atoms with Crippen molar-refractivity contribution in [3.8, 4) is 0 Å². The highest BCUT2D eigenvalue weighted by Crippen LogP contribution is 2.36. The van der Waals surface area contributed by atoms with Crippen LogP contribution in [0.3, 0.4) is 0 Å². The van der Waals surface area contributed by atoms with E-state index in [-0.39, 0.29) is 11.5 Å². The minimum absolute atomic E-state index is 0.0174. The number of hydrogen-bond donors (Lipinski definition) is 1. The van der Waals surface area contributed by atoms with E-state index in [2.05, 4.69) is 20.4 Å². The van der Waals surface area contributed by atoms with Crippen molar-refractivity contribution in [1.29, 1.82) is 0 Å². The van der Waals surface area contributed by atoms with Crippen molar-refractivity contribution in [3.05, 3.63) is 24.3 Å². The molecule has 1 heteroatoms. The van der Waals surface area contributed by atoms with Crippen LogP contribution in [0.4, 0.5) is 0 Å². The predicted octanol–water partition coefficient (Wildman–Crippen LogP) is 1.89. The molecule has 0 spiro atoms. The van der Waals surface area contributed by atoms with Crippen LogP contribution < -0.4 is 0 Å². The number of aliphatic hydroxyl groups is 1. The average molecular weight is 138 g/mol. The number of aliphatic hydroxyl groups excluding tert-OH is 1. The topological polar surface area (TPSA) is 20.2 Å². The summed E-state index contributed by atoms with van der Waals surface area (Å²) in [6.45, 7) is 7.78. The van der Waals surface area contributed by atoms with E-state index in [1.165, 1.54) is 0 Å². The Labute approximate surface area is 62.1 Å². The van der Waals surface area contributed by atoms with Crippen molar-refractivity contribution in [2.24, 2.45) is 5.41 Å². The molecule has 0 fully saturated rings. The van der Waals surface area contributed by atoms with Gasteiger partial charge < -0.3 is 5.11 Å². The maximum absolute atomic E-state index is 9.43. The summed E-state index contributed by atoms with van der Waals surface area (Å²) >= 11 is 0. The van der Waals surface area contributed by atoms with Crippen molar-refractivity contribution in [3.63, 3.8) is 0 Å². The van der Waals surface area contributed by atoms with Gasteiger partial charge in [-0.3, -0.25) is 0 Å². The second-order valence-corrected chi connectivity index (χ2v) is 3.56. The van der Waals surface area contributed by atoms with Gasteiger partial charge in [-0.05, 0) is 17.4 Å². The fraction of sp³-hybridized carbons (Fsp3) is 0.556. The summed E-state index contributed by atoms with van der Waals surface area (Å²) in [7, 11) is 0. The van der Waals surface area contributed by atoms with Crippen LogP contribution in [0, 0.1) is 5.41 Å². The van der Waals surface area contributed by atoms with Crippen LogP contribution in [-0.4, -0.2) is 11.2 Å². The third-order valence-corrected chi connectivity index (χ3v) is 2.09. The van der Waals surface area contributed by atoms with Crippen molar-refractivity contribution < 1.29 is 5.11 Å². The molecule has 0 aliphatic heterocycles. The van der Waals surface area contributed by atoms with Crippen LogP contribution in [0.15, 0.2) is 24.3 Å². The average Bonchev–Trinajstić information content (AvgIpc) is 2.08. The SMILES string of the molecule is C=CC1=CC(O)C(C)(C)C1. The summed E-state index contributed by atoms with van der Waals surface area (Å²) in [6, 6.07) is 0. The van der Waals surface area contributed by atoms with Gasteiger partial charge in [-0.25, -0.2) is 0 Å². The maximum atomic E-state index is 9.43. The lowest BCUT2D eigenvalue weighted by Gasteiger charge is -2.21. The van der Waals surface area contributed by atoms with Crippen LogP contribution in [0.2, 0.25) is 0 Å². The van der Waals surface area contributed by atoms with Crippen molar-refractivity contribution in [1.82, 2.24) is 0 Å². The molecule has 56 valence electrons. The first kappa shape index (κ1) is 7.55. The highest BCUT2D eigenvalue weighted by atomic mass is 16.3. The first-order valence-corrected chi connectivity index (χ1v) is 3.57. The molecule has 0 amide bonds. The summed E-state index contributed by atoms with van der Waals surface area (Å²) in [5, 5.41) is 9.43. The predicted molar refractivity (Wildman–Crippen MR) is 42.7 cm³/mol. The van der Waals surface area contributed by atoms with Crippen LogP contribution in [0.5, 0.6) is 0 Å². The smallest absolute Gasteiger partial charge is 0.0780 e. The van der Waals surface area contributed by atoms with Crippen molar-refractivity contribution in [2.75, 3.05) is 0 Å². The molecule has 1 N–H and O–H groups in total. The molecule has 0 saturated heterocycles. The van der Waals surface area contributed by atoms with E-state index in [1.54, 1.807) is 0 Å². The van der Waals surface area contributed by atoms with Gasteiger partial charge in [-0.2, -0.15) is 0 Å². The minimum atomic E-state index is -0.291. The second kappa shape index (κ2) is 2.24. The fourth-order valence-electron chi connectivity index (χ4n) is 1.26. The Morgan fingerprint density at radius 2 is 2.40 bits per heavy atom. The van der Waals surface area contributed by atoms with Crippen molar-refractivity contribution >= 4 is 0 Å². The normalized spacial score (nSPS) is 29.9. The van der Waals surface area contributed by atoms with E-state index in [0.717, 1.165) is 12.0 Å². The third-order valence-electron chi connectivity index (χ3n) is 2.09. The summed E-state index contributed by atoms with van der Waals surface area (Å²) < 4.78 is 0. The lowest BCUT2D eigenvalue weighted by atomic mass is 9.87. The first-order valence-electron chi connectivity index (χ1n) is 3.57. The number of rotatable bonds is 1. The van der Waals surface area contributed by atoms with Gasteiger partial charge in [0, 0.05) is 0 Å². The van der Waals surface area contributed by atoms with Gasteiger partial charge in [0.1, 0.15) is 0 Å². The lowest BCUT2D eigenvalue weighted by Crippen LogP contribution is -2.22. The van der Waals surface area contributed by atoms with E-state index in [0.29, 0.717) is 0 Å². The highest BCUT2D eigenvalue weighted by Gasteiger charge is 2.31. The zero-order valence-electron chi connectivity index (χ0n) is 6.59. The molecular formula is C9H14O. The Bertz CT molecular complexity index is 177. The van der Waals surface area contributed by atoms with Gasteiger partial charge in [-0.15, -0.1) is 0 Å². The summed E-state index contributed by atoms with van der Waals surface area (Å²) in [5.41, 5.74) is 1.18. The Kier molecular flexibility index (Phi) is 1.69. The molecule has 0 radical (unpaired) electrons. The summed E-state index contributed by atoms with van der Waals surface area (Å²) in [4.78, 5) is 0. The Morgan fingerprint density at radius 1 is 1.80 bits per heavy atom. The molecule has 0 aromatic carbocycles. The Balaban J connectivity index is 2.75. The Hall–Kier alpha value is -0.560. The van der Waals surface area contributed by atoms with E-state index in [9.17, 15) is 5.11 Å². The van der Waals surface area contributed by atoms with Crippen molar-refractivity contribution in [2.45, 2.75) is 26.4 Å². The first-order chi connectivity index (χ1) is 4.56. The highest BCUT2D eigenvalue weighted by molar-refractivity contribution is 5.26. The monoisotopic (exact) mass is 138 g/mol. The van der Waals surface area contributed by atoms with Crippen LogP contribution in [0.1, 0.15) is 20.3 Å². The van der Waals surface area contributed by atoms with Gasteiger partial charge in [-0.1, -0.05) is 32.6 Å². The zero-order chi connectivity index (χ0) is 7.78. The van der Waals surface area contributed by atoms with Crippen LogP contribution >= 0.6 is 0 Å². The molecule has 1 atom stereocenters. The number of allylic oxidation sites excluding steroid dienone is 2. The molecule has 1 nitrogen and oxygen atoms in total. The van der Waals surface area contributed by atoms with Gasteiger partial charge in [0.2, 0.25) is 0 Å². The molecule has 1 aliphatic rings. The van der Waals surface area contributed by atoms with Gasteiger partial charge in [0.05, 0.1) is 6.10 Å². The van der Waals surface area contributed by atoms with Gasteiger partial charge in [0.25, 0.3) is 0 Å². The summed E-state index contributed by atoms with van der Waals surface area (Å²) in [5.74, 6) is 0. The molecule has 0 bridgehead atoms. The second-order valence-electron chi connectivity index (χ2n) is 3.56. The minimum Gasteiger partial charge on any atom is -0.388 e. The molecule has 0 aromatic rings. The molecule has 0 heterocycles. The summed E-state index contributed by atoms with van der Waals surface area (Å²) in [6.07, 6.45) is 4.35. The quantitative estimate of drug-likeness (QED) is 0.586. The van der Waals surface area contributed by atoms with E-state index < -0.39 is 0 Å². The van der Waals surface area contributed by atoms with Crippen LogP contribution in [0.25, 0.3) is 0 Å². The maximum Gasteiger partial charge on any atom is 0.0780 e. The lowest BCUT2D eigenvalue weighted by molar-refractivity contribution is 0.106. The fourth-order valence-corrected chi connectivity index (χ4v) is 1.26. The standard InChI is InChI=1S/C9H14O/c1-4-7-5-8(10)9(2,3)6-7/h4-5,8,10H,1,6H2,2-3H3. The molecule has 0 aromatic heterocycles. The van der Waals surface area contributed by atoms with Gasteiger partial charge >= 0.3 is 0 Å². The molecular weight excluding hydrogens is 124 g/mol. The molecule has 1 unspecified atom stereocenters. The molecule has 0 saturated carbocycles. The zero-order valence-corrected chi connectivity index (χ0v) is 6.59. The largest absolute Gasteiger partial charge is 0.388 e. The molecule has 1 rings (SSSR count). The van der Waals surface area contributed by atoms with E-state index in [1.807, 2.05) is 12.2 Å². The van der Waals surface area contributed by atoms with E-state index >= 15 is 0 Å². The molecule has 10 heavy (non-hydrogen) atoms. The molecule has 1 aliphatic carbocycles. The van der Waals surface area contributed by atoms with E-state index in [4.69, 9.17) is 0 Å². The van der Waals surface area contributed by atoms with Gasteiger partial charge in [0.15, 0.2) is 0 Å². The Morgan fingerprint density at radius 3 is 2.60 bits per heavy atom.